The van der Waals surface area contributed by atoms with Crippen molar-refractivity contribution >= 4 is 0 Å². The van der Waals surface area contributed by atoms with Gasteiger partial charge in [0.05, 0.1) is 12.2 Å². The van der Waals surface area contributed by atoms with Crippen LogP contribution in [0.3, 0.4) is 0 Å². The molecule has 3 heteroatoms. The number of hydrogen-bond donors (Lipinski definition) is 1. The minimum Gasteiger partial charge on any atom is -0.387 e. The maximum atomic E-state index is 10.5. The minimum absolute atomic E-state index is 0.117. The molecule has 3 nitrogen and oxygen atoms in total. The highest BCUT2D eigenvalue weighted by molar-refractivity contribution is 5.24. The Labute approximate surface area is 116 Å². The van der Waals surface area contributed by atoms with Crippen LogP contribution in [0, 0.1) is 6.92 Å². The normalized spacial score (nSPS) is 24.7. The minimum atomic E-state index is -0.439. The van der Waals surface area contributed by atoms with Crippen LogP contribution >= 0.6 is 0 Å². The molecular weight excluding hydrogens is 238 g/mol. The maximum absolute atomic E-state index is 10.5. The molecule has 19 heavy (non-hydrogen) atoms. The summed E-state index contributed by atoms with van der Waals surface area (Å²) in [5, 5.41) is 10.5. The average Bonchev–Trinajstić information content (AvgIpc) is 2.62. The van der Waals surface area contributed by atoms with Crippen molar-refractivity contribution in [3.63, 3.8) is 0 Å². The van der Waals surface area contributed by atoms with Gasteiger partial charge in [0, 0.05) is 25.7 Å². The van der Waals surface area contributed by atoms with Gasteiger partial charge in [-0.3, -0.25) is 4.90 Å². The topological polar surface area (TPSA) is 32.7 Å². The zero-order chi connectivity index (χ0) is 13.8. The molecule has 0 amide bonds. The van der Waals surface area contributed by atoms with Crippen molar-refractivity contribution in [1.82, 2.24) is 4.90 Å². The van der Waals surface area contributed by atoms with Crippen LogP contribution in [0.1, 0.15) is 37.5 Å². The van der Waals surface area contributed by atoms with Gasteiger partial charge in [-0.25, -0.2) is 0 Å². The molecule has 1 aromatic rings. The molecular formula is C16H25NO2. The summed E-state index contributed by atoms with van der Waals surface area (Å²) in [4.78, 5) is 2.34. The number of aryl methyl sites for hydroxylation is 1. The summed E-state index contributed by atoms with van der Waals surface area (Å²) in [7, 11) is 0. The van der Waals surface area contributed by atoms with Gasteiger partial charge in [-0.05, 0) is 32.8 Å². The Kier molecular flexibility index (Phi) is 4.97. The SMILES string of the molecule is Cc1ccc(C(O)C(C)N2CCCOC(C)C2)cc1. The lowest BCUT2D eigenvalue weighted by atomic mass is 10.0. The molecule has 3 atom stereocenters. The molecule has 3 unspecified atom stereocenters. The Balaban J connectivity index is 2.04. The Morgan fingerprint density at radius 1 is 1.32 bits per heavy atom. The second kappa shape index (κ2) is 6.51. The monoisotopic (exact) mass is 263 g/mol. The summed E-state index contributed by atoms with van der Waals surface area (Å²) in [5.41, 5.74) is 2.22. The van der Waals surface area contributed by atoms with Crippen molar-refractivity contribution in [3.8, 4) is 0 Å². The zero-order valence-electron chi connectivity index (χ0n) is 12.2. The third-order valence-electron chi connectivity index (χ3n) is 3.94. The first kappa shape index (κ1) is 14.5. The number of aliphatic hydroxyl groups excluding tert-OH is 1. The first-order valence-corrected chi connectivity index (χ1v) is 7.18. The van der Waals surface area contributed by atoms with Crippen LogP contribution in [0.5, 0.6) is 0 Å². The van der Waals surface area contributed by atoms with Crippen LogP contribution in [0.15, 0.2) is 24.3 Å². The lowest BCUT2D eigenvalue weighted by Crippen LogP contribution is -2.41. The molecule has 1 fully saturated rings. The molecule has 0 radical (unpaired) electrons. The predicted octanol–water partition coefficient (Wildman–Crippen LogP) is 2.53. The summed E-state index contributed by atoms with van der Waals surface area (Å²) >= 11 is 0. The van der Waals surface area contributed by atoms with Gasteiger partial charge in [-0.15, -0.1) is 0 Å². The van der Waals surface area contributed by atoms with Crippen molar-refractivity contribution in [2.75, 3.05) is 19.7 Å². The largest absolute Gasteiger partial charge is 0.387 e. The molecule has 0 aromatic heterocycles. The number of benzene rings is 1. The van der Waals surface area contributed by atoms with Crippen LogP contribution in [0.25, 0.3) is 0 Å². The van der Waals surface area contributed by atoms with Crippen LogP contribution in [-0.2, 0) is 4.74 Å². The number of hydrogen-bond acceptors (Lipinski definition) is 3. The Morgan fingerprint density at radius 3 is 2.68 bits per heavy atom. The van der Waals surface area contributed by atoms with Crippen molar-refractivity contribution in [2.45, 2.75) is 45.4 Å². The molecule has 0 aliphatic carbocycles. The Bertz CT molecular complexity index is 390. The predicted molar refractivity (Wildman–Crippen MR) is 77.2 cm³/mol. The smallest absolute Gasteiger partial charge is 0.0942 e. The Hall–Kier alpha value is -0.900. The van der Waals surface area contributed by atoms with Gasteiger partial charge in [0.1, 0.15) is 0 Å². The number of rotatable bonds is 3. The number of ether oxygens (including phenoxy) is 1. The Morgan fingerprint density at radius 2 is 2.00 bits per heavy atom. The van der Waals surface area contributed by atoms with E-state index in [1.807, 2.05) is 12.1 Å². The maximum Gasteiger partial charge on any atom is 0.0942 e. The third kappa shape index (κ3) is 3.78. The van der Waals surface area contributed by atoms with Crippen molar-refractivity contribution in [1.29, 1.82) is 0 Å². The second-order valence-electron chi connectivity index (χ2n) is 5.63. The second-order valence-corrected chi connectivity index (χ2v) is 5.63. The summed E-state index contributed by atoms with van der Waals surface area (Å²) < 4.78 is 5.66. The fourth-order valence-corrected chi connectivity index (χ4v) is 2.64. The third-order valence-corrected chi connectivity index (χ3v) is 3.94. The van der Waals surface area contributed by atoms with E-state index in [1.165, 1.54) is 5.56 Å². The molecule has 1 aromatic carbocycles. The standard InChI is InChI=1S/C16H25NO2/c1-12-5-7-15(8-6-12)16(18)14(3)17-9-4-10-19-13(2)11-17/h5-8,13-14,16,18H,4,9-11H2,1-3H3. The van der Waals surface area contributed by atoms with E-state index in [0.717, 1.165) is 31.7 Å². The van der Waals surface area contributed by atoms with Gasteiger partial charge >= 0.3 is 0 Å². The van der Waals surface area contributed by atoms with Crippen LogP contribution in [0.4, 0.5) is 0 Å². The molecule has 106 valence electrons. The van der Waals surface area contributed by atoms with E-state index >= 15 is 0 Å². The highest BCUT2D eigenvalue weighted by Crippen LogP contribution is 2.23. The van der Waals surface area contributed by atoms with E-state index in [4.69, 9.17) is 4.74 Å². The van der Waals surface area contributed by atoms with Gasteiger partial charge in [-0.1, -0.05) is 29.8 Å². The van der Waals surface area contributed by atoms with E-state index in [-0.39, 0.29) is 12.1 Å². The molecule has 1 saturated heterocycles. The van der Waals surface area contributed by atoms with Gasteiger partial charge in [0.25, 0.3) is 0 Å². The number of nitrogens with zero attached hydrogens (tertiary/aromatic N) is 1. The zero-order valence-corrected chi connectivity index (χ0v) is 12.2. The summed E-state index contributed by atoms with van der Waals surface area (Å²) in [6.07, 6.45) is 0.844. The lowest BCUT2D eigenvalue weighted by Gasteiger charge is -2.32. The molecule has 0 bridgehead atoms. The summed E-state index contributed by atoms with van der Waals surface area (Å²) in [6, 6.07) is 8.27. The van der Waals surface area contributed by atoms with Gasteiger partial charge < -0.3 is 9.84 Å². The van der Waals surface area contributed by atoms with Gasteiger partial charge in [0.15, 0.2) is 0 Å². The highest BCUT2D eigenvalue weighted by atomic mass is 16.5. The van der Waals surface area contributed by atoms with Crippen LogP contribution in [-0.4, -0.2) is 41.8 Å². The summed E-state index contributed by atoms with van der Waals surface area (Å²) in [5.74, 6) is 0. The van der Waals surface area contributed by atoms with Crippen LogP contribution < -0.4 is 0 Å². The molecule has 0 saturated carbocycles. The van der Waals surface area contributed by atoms with E-state index < -0.39 is 6.10 Å². The van der Waals surface area contributed by atoms with Crippen molar-refractivity contribution in [2.24, 2.45) is 0 Å². The lowest BCUT2D eigenvalue weighted by molar-refractivity contribution is 0.0303. The first-order chi connectivity index (χ1) is 9.08. The fraction of sp³-hybridized carbons (Fsp3) is 0.625. The highest BCUT2D eigenvalue weighted by Gasteiger charge is 2.25. The first-order valence-electron chi connectivity index (χ1n) is 7.18. The van der Waals surface area contributed by atoms with Crippen molar-refractivity contribution in [3.05, 3.63) is 35.4 Å². The van der Waals surface area contributed by atoms with E-state index in [0.29, 0.717) is 0 Å². The van der Waals surface area contributed by atoms with Crippen molar-refractivity contribution < 1.29 is 9.84 Å². The van der Waals surface area contributed by atoms with Gasteiger partial charge in [-0.2, -0.15) is 0 Å². The van der Waals surface area contributed by atoms with E-state index in [2.05, 4.69) is 37.8 Å². The molecule has 1 N–H and O–H groups in total. The molecule has 1 heterocycles. The quantitative estimate of drug-likeness (QED) is 0.909. The average molecular weight is 263 g/mol. The van der Waals surface area contributed by atoms with Crippen LogP contribution in [0.2, 0.25) is 0 Å². The molecule has 0 spiro atoms. The van der Waals surface area contributed by atoms with E-state index in [9.17, 15) is 5.11 Å². The molecule has 2 rings (SSSR count). The molecule has 1 aliphatic heterocycles. The number of aliphatic hydroxyl groups is 1. The summed E-state index contributed by atoms with van der Waals surface area (Å²) in [6.45, 7) is 8.98. The van der Waals surface area contributed by atoms with E-state index in [1.54, 1.807) is 0 Å². The fourth-order valence-electron chi connectivity index (χ4n) is 2.64. The molecule has 1 aliphatic rings. The van der Waals surface area contributed by atoms with Gasteiger partial charge in [0.2, 0.25) is 0 Å².